The first-order valence-corrected chi connectivity index (χ1v) is 10.3. The van der Waals surface area contributed by atoms with Gasteiger partial charge in [0.2, 0.25) is 5.91 Å². The van der Waals surface area contributed by atoms with Crippen molar-refractivity contribution in [3.05, 3.63) is 69.8 Å². The van der Waals surface area contributed by atoms with Gasteiger partial charge in [-0.25, -0.2) is 5.43 Å². The third-order valence-corrected chi connectivity index (χ3v) is 6.45. The zero-order valence-corrected chi connectivity index (χ0v) is 16.9. The van der Waals surface area contributed by atoms with E-state index in [9.17, 15) is 14.9 Å². The molecule has 0 bridgehead atoms. The Morgan fingerprint density at radius 1 is 1.27 bits per heavy atom. The van der Waals surface area contributed by atoms with Gasteiger partial charge in [-0.2, -0.15) is 5.10 Å². The van der Waals surface area contributed by atoms with Crippen LogP contribution in [0.4, 0.5) is 5.69 Å². The molecule has 0 aliphatic heterocycles. The van der Waals surface area contributed by atoms with Crippen LogP contribution in [0, 0.1) is 27.4 Å². The van der Waals surface area contributed by atoms with E-state index in [1.54, 1.807) is 18.3 Å². The second kappa shape index (κ2) is 8.26. The Bertz CT molecular complexity index is 973. The fraction of sp³-hybridized carbons (Fsp3) is 0.391. The molecule has 4 rings (SSSR count). The minimum absolute atomic E-state index is 0.00456. The number of nitro benzene ring substituents is 1. The van der Waals surface area contributed by atoms with E-state index in [0.717, 1.165) is 24.0 Å². The quantitative estimate of drug-likeness (QED) is 0.417. The summed E-state index contributed by atoms with van der Waals surface area (Å²) >= 11 is 0. The maximum atomic E-state index is 12.5. The van der Waals surface area contributed by atoms with Crippen LogP contribution in [0.2, 0.25) is 0 Å². The Kier molecular flexibility index (Phi) is 5.53. The number of fused-ring (bicyclic) bond motifs is 1. The lowest BCUT2D eigenvalue weighted by Crippen LogP contribution is -2.22. The Balaban J connectivity index is 1.35. The number of rotatable bonds is 7. The molecule has 2 saturated carbocycles. The standard InChI is InChI=1S/C23H25N3O4/c1-23-13-5-4-7-19(23)21(23)22(27)25-24-14-17-6-2-3-8-20(17)30-15-16-9-11-18(12-10-16)26(28)29/h2-3,6,8-12,14,19,21H,4-5,7,13,15H2,1H3,(H,25,27)/b24-14-/t19-,21-,23+/m1/s1. The van der Waals surface area contributed by atoms with Crippen molar-refractivity contribution in [2.24, 2.45) is 22.4 Å². The first-order chi connectivity index (χ1) is 14.5. The van der Waals surface area contributed by atoms with E-state index in [4.69, 9.17) is 4.74 Å². The monoisotopic (exact) mass is 407 g/mol. The number of amides is 1. The highest BCUT2D eigenvalue weighted by molar-refractivity contribution is 5.87. The summed E-state index contributed by atoms with van der Waals surface area (Å²) in [6, 6.07) is 13.7. The number of carbonyl (C=O) groups excluding carboxylic acids is 1. The predicted molar refractivity (Wildman–Crippen MR) is 113 cm³/mol. The summed E-state index contributed by atoms with van der Waals surface area (Å²) in [5, 5.41) is 14.9. The van der Waals surface area contributed by atoms with Crippen molar-refractivity contribution in [3.8, 4) is 5.75 Å². The van der Waals surface area contributed by atoms with E-state index in [2.05, 4.69) is 17.5 Å². The van der Waals surface area contributed by atoms with E-state index in [-0.39, 0.29) is 29.5 Å². The molecule has 2 aliphatic carbocycles. The van der Waals surface area contributed by atoms with Gasteiger partial charge in [-0.1, -0.05) is 31.9 Å². The number of hydrogen-bond acceptors (Lipinski definition) is 5. The summed E-state index contributed by atoms with van der Waals surface area (Å²) in [5.41, 5.74) is 4.48. The molecule has 2 aliphatic rings. The second-order valence-electron chi connectivity index (χ2n) is 8.32. The van der Waals surface area contributed by atoms with E-state index < -0.39 is 4.92 Å². The Labute approximate surface area is 175 Å². The average molecular weight is 407 g/mol. The Morgan fingerprint density at radius 3 is 2.73 bits per heavy atom. The molecule has 0 unspecified atom stereocenters. The van der Waals surface area contributed by atoms with Gasteiger partial charge in [-0.3, -0.25) is 14.9 Å². The highest BCUT2D eigenvalue weighted by Gasteiger charge is 2.64. The van der Waals surface area contributed by atoms with Crippen LogP contribution in [0.3, 0.4) is 0 Å². The normalized spacial score (nSPS) is 24.8. The maximum Gasteiger partial charge on any atom is 0.269 e. The smallest absolute Gasteiger partial charge is 0.269 e. The zero-order chi connectivity index (χ0) is 21.1. The van der Waals surface area contributed by atoms with Gasteiger partial charge in [-0.05, 0) is 54.0 Å². The van der Waals surface area contributed by atoms with Gasteiger partial charge < -0.3 is 4.74 Å². The molecule has 1 amide bonds. The topological polar surface area (TPSA) is 93.8 Å². The van der Waals surface area contributed by atoms with Crippen LogP contribution in [0.15, 0.2) is 53.6 Å². The Hall–Kier alpha value is -3.22. The molecule has 156 valence electrons. The van der Waals surface area contributed by atoms with Crippen molar-refractivity contribution in [2.45, 2.75) is 39.2 Å². The number of nitrogens with zero attached hydrogens (tertiary/aromatic N) is 2. The molecular formula is C23H25N3O4. The highest BCUT2D eigenvalue weighted by atomic mass is 16.6. The van der Waals surface area contributed by atoms with Gasteiger partial charge in [0, 0.05) is 23.6 Å². The summed E-state index contributed by atoms with van der Waals surface area (Å²) in [6.07, 6.45) is 6.28. The van der Waals surface area contributed by atoms with Gasteiger partial charge in [0.05, 0.1) is 11.1 Å². The van der Waals surface area contributed by atoms with Crippen LogP contribution >= 0.6 is 0 Å². The number of hydrazone groups is 1. The van der Waals surface area contributed by atoms with Crippen molar-refractivity contribution >= 4 is 17.8 Å². The molecule has 0 spiro atoms. The lowest BCUT2D eigenvalue weighted by Gasteiger charge is -2.15. The fourth-order valence-corrected chi connectivity index (χ4v) is 4.68. The second-order valence-corrected chi connectivity index (χ2v) is 8.32. The molecular weight excluding hydrogens is 382 g/mol. The molecule has 7 heteroatoms. The van der Waals surface area contributed by atoms with E-state index >= 15 is 0 Å². The number of ether oxygens (including phenoxy) is 1. The van der Waals surface area contributed by atoms with Gasteiger partial charge in [0.25, 0.3) is 5.69 Å². The van der Waals surface area contributed by atoms with Crippen molar-refractivity contribution in [1.82, 2.24) is 5.43 Å². The molecule has 0 radical (unpaired) electrons. The van der Waals surface area contributed by atoms with E-state index in [0.29, 0.717) is 11.7 Å². The number of para-hydroxylation sites is 1. The van der Waals surface area contributed by atoms with Crippen LogP contribution in [0.1, 0.15) is 43.7 Å². The maximum absolute atomic E-state index is 12.5. The minimum atomic E-state index is -0.429. The van der Waals surface area contributed by atoms with Gasteiger partial charge in [-0.15, -0.1) is 0 Å². The lowest BCUT2D eigenvalue weighted by molar-refractivity contribution is -0.384. The van der Waals surface area contributed by atoms with Crippen molar-refractivity contribution in [2.75, 3.05) is 0 Å². The number of hydrogen-bond donors (Lipinski definition) is 1. The lowest BCUT2D eigenvalue weighted by atomic mass is 9.90. The number of nitro groups is 1. The summed E-state index contributed by atoms with van der Waals surface area (Å²) in [7, 11) is 0. The molecule has 2 aromatic rings. The third kappa shape index (κ3) is 4.06. The number of carbonyl (C=O) groups is 1. The first-order valence-electron chi connectivity index (χ1n) is 10.3. The van der Waals surface area contributed by atoms with E-state index in [1.165, 1.54) is 25.0 Å². The molecule has 0 saturated heterocycles. The van der Waals surface area contributed by atoms with Crippen LogP contribution in [0.25, 0.3) is 0 Å². The summed E-state index contributed by atoms with van der Waals surface area (Å²) in [5.74, 6) is 1.20. The molecule has 0 aromatic heterocycles. The van der Waals surface area contributed by atoms with Crippen molar-refractivity contribution < 1.29 is 14.5 Å². The van der Waals surface area contributed by atoms with Gasteiger partial charge in [0.15, 0.2) is 0 Å². The molecule has 2 aromatic carbocycles. The third-order valence-electron chi connectivity index (χ3n) is 6.45. The SMILES string of the molecule is C[C@]12CCCC[C@@H]1[C@@H]2C(=O)N/N=C\c1ccccc1OCc1ccc([N+](=O)[O-])cc1. The van der Waals surface area contributed by atoms with Crippen LogP contribution < -0.4 is 10.2 Å². The summed E-state index contributed by atoms with van der Waals surface area (Å²) in [4.78, 5) is 22.9. The van der Waals surface area contributed by atoms with E-state index in [1.807, 2.05) is 24.3 Å². The van der Waals surface area contributed by atoms with Crippen molar-refractivity contribution in [1.29, 1.82) is 0 Å². The minimum Gasteiger partial charge on any atom is -0.488 e. The summed E-state index contributed by atoms with van der Waals surface area (Å²) < 4.78 is 5.86. The molecule has 30 heavy (non-hydrogen) atoms. The predicted octanol–water partition coefficient (Wildman–Crippen LogP) is 4.45. The van der Waals surface area contributed by atoms with Gasteiger partial charge in [0.1, 0.15) is 12.4 Å². The fourth-order valence-electron chi connectivity index (χ4n) is 4.68. The largest absolute Gasteiger partial charge is 0.488 e. The van der Waals surface area contributed by atoms with Crippen molar-refractivity contribution in [3.63, 3.8) is 0 Å². The molecule has 1 N–H and O–H groups in total. The molecule has 7 nitrogen and oxygen atoms in total. The summed E-state index contributed by atoms with van der Waals surface area (Å²) in [6.45, 7) is 2.49. The highest BCUT2D eigenvalue weighted by Crippen LogP contribution is 2.66. The Morgan fingerprint density at radius 2 is 2.03 bits per heavy atom. The number of non-ortho nitro benzene ring substituents is 1. The van der Waals surface area contributed by atoms with Crippen LogP contribution in [0.5, 0.6) is 5.75 Å². The molecule has 3 atom stereocenters. The zero-order valence-electron chi connectivity index (χ0n) is 16.9. The van der Waals surface area contributed by atoms with Crippen LogP contribution in [-0.4, -0.2) is 17.0 Å². The van der Waals surface area contributed by atoms with Gasteiger partial charge >= 0.3 is 0 Å². The molecule has 2 fully saturated rings. The van der Waals surface area contributed by atoms with Crippen LogP contribution in [-0.2, 0) is 11.4 Å². The number of benzene rings is 2. The molecule has 0 heterocycles. The first kappa shape index (κ1) is 20.1. The number of nitrogens with one attached hydrogen (secondary N) is 1. The average Bonchev–Trinajstić information content (AvgIpc) is 3.38.